The van der Waals surface area contributed by atoms with E-state index in [4.69, 9.17) is 0 Å². The molecule has 0 aromatic heterocycles. The summed E-state index contributed by atoms with van der Waals surface area (Å²) in [5.41, 5.74) is 3.76. The van der Waals surface area contributed by atoms with Gasteiger partial charge in [0.05, 0.1) is 0 Å². The molecule has 0 aliphatic rings. The maximum Gasteiger partial charge on any atom is 0.258 e. The highest BCUT2D eigenvalue weighted by molar-refractivity contribution is 6.37. The Morgan fingerprint density at radius 1 is 0.432 bits per heavy atom. The second-order valence-corrected chi connectivity index (χ2v) is 11.7. The summed E-state index contributed by atoms with van der Waals surface area (Å²) in [6, 6.07) is 51.6. The van der Waals surface area contributed by atoms with Gasteiger partial charge in [-0.1, -0.05) is 109 Å². The van der Waals surface area contributed by atoms with E-state index in [0.29, 0.717) is 5.56 Å². The highest BCUT2D eigenvalue weighted by Gasteiger charge is 2.17. The van der Waals surface area contributed by atoms with Gasteiger partial charge in [0.25, 0.3) is 5.91 Å². The van der Waals surface area contributed by atoms with Crippen molar-refractivity contribution in [3.05, 3.63) is 151 Å². The van der Waals surface area contributed by atoms with Gasteiger partial charge in [0, 0.05) is 18.3 Å². The molecular weight excluding hydrogens is 534 g/mol. The summed E-state index contributed by atoms with van der Waals surface area (Å²) >= 11 is 0. The van der Waals surface area contributed by atoms with Gasteiger partial charge in [-0.3, -0.25) is 4.79 Å². The highest BCUT2D eigenvalue weighted by atomic mass is 16.2. The lowest BCUT2D eigenvalue weighted by Crippen LogP contribution is -2.25. The first-order valence-corrected chi connectivity index (χ1v) is 15.0. The van der Waals surface area contributed by atoms with Crippen LogP contribution in [0.15, 0.2) is 146 Å². The van der Waals surface area contributed by atoms with Crippen LogP contribution in [0, 0.1) is 0 Å². The number of hydrogen-bond acceptors (Lipinski definition) is 1. The zero-order chi connectivity index (χ0) is 29.4. The number of anilines is 1. The molecule has 0 atom stereocenters. The maximum atomic E-state index is 13.3. The standard InChI is InChI=1S/C42H27NO/c1-43(33-11-3-2-4-12-33)42(44)30-21-16-26(17-22-30)32-24-31-23-20-29-9-6-14-35-34-13-5-8-27-18-19-28-10-7-15-36(40(28)38(27)34)37(25-32)41(31)39(29)35/h2-25H,1H3. The first-order valence-electron chi connectivity index (χ1n) is 15.0. The van der Waals surface area contributed by atoms with Gasteiger partial charge in [-0.05, 0) is 112 Å². The van der Waals surface area contributed by atoms with E-state index in [1.54, 1.807) is 4.90 Å². The summed E-state index contributed by atoms with van der Waals surface area (Å²) in [7, 11) is 1.82. The van der Waals surface area contributed by atoms with Gasteiger partial charge in [-0.2, -0.15) is 0 Å². The quantitative estimate of drug-likeness (QED) is 0.197. The summed E-state index contributed by atoms with van der Waals surface area (Å²) in [5, 5.41) is 15.2. The van der Waals surface area contributed by atoms with Crippen molar-refractivity contribution in [2.75, 3.05) is 11.9 Å². The average Bonchev–Trinajstić information content (AvgIpc) is 3.09. The SMILES string of the molecule is CN(C(=O)c1ccc(-c2cc3ccc4cccc5c6cccc7ccc8cccc(c(c2)c3c45)c8c76)cc1)c1ccccc1. The van der Waals surface area contributed by atoms with E-state index in [-0.39, 0.29) is 5.91 Å². The van der Waals surface area contributed by atoms with Crippen molar-refractivity contribution in [3.8, 4) is 11.1 Å². The molecule has 0 saturated carbocycles. The van der Waals surface area contributed by atoms with Crippen molar-refractivity contribution in [2.45, 2.75) is 0 Å². The number of rotatable bonds is 3. The molecule has 0 N–H and O–H groups in total. The third-order valence-corrected chi connectivity index (χ3v) is 9.34. The van der Waals surface area contributed by atoms with Crippen molar-refractivity contribution >= 4 is 76.2 Å². The lowest BCUT2D eigenvalue weighted by Gasteiger charge is -2.18. The van der Waals surface area contributed by atoms with Crippen LogP contribution in [0.2, 0.25) is 0 Å². The zero-order valence-electron chi connectivity index (χ0n) is 24.2. The molecule has 1 amide bonds. The van der Waals surface area contributed by atoms with E-state index in [1.807, 2.05) is 49.5 Å². The molecule has 0 aliphatic heterocycles. The van der Waals surface area contributed by atoms with Crippen LogP contribution in [0.4, 0.5) is 5.69 Å². The predicted octanol–water partition coefficient (Wildman–Crippen LogP) is 11.0. The minimum Gasteiger partial charge on any atom is -0.311 e. The molecule has 0 saturated heterocycles. The molecule has 2 heteroatoms. The smallest absolute Gasteiger partial charge is 0.258 e. The Hall–Kier alpha value is -5.73. The molecule has 206 valence electrons. The van der Waals surface area contributed by atoms with Gasteiger partial charge < -0.3 is 4.90 Å². The van der Waals surface area contributed by atoms with E-state index >= 15 is 0 Å². The molecule has 44 heavy (non-hydrogen) atoms. The summed E-state index contributed by atoms with van der Waals surface area (Å²) in [4.78, 5) is 15.0. The first-order chi connectivity index (χ1) is 21.7. The normalized spacial score (nSPS) is 11.8. The Balaban J connectivity index is 1.33. The monoisotopic (exact) mass is 561 g/mol. The molecule has 0 heterocycles. The van der Waals surface area contributed by atoms with Crippen LogP contribution >= 0.6 is 0 Å². The van der Waals surface area contributed by atoms with Crippen molar-refractivity contribution in [1.29, 1.82) is 0 Å². The van der Waals surface area contributed by atoms with E-state index in [2.05, 4.69) is 103 Å². The van der Waals surface area contributed by atoms with Crippen LogP contribution in [0.25, 0.3) is 75.8 Å². The molecule has 9 aromatic rings. The van der Waals surface area contributed by atoms with Crippen LogP contribution in [-0.2, 0) is 0 Å². The highest BCUT2D eigenvalue weighted by Crippen LogP contribution is 2.44. The Morgan fingerprint density at radius 2 is 0.932 bits per heavy atom. The molecule has 0 aliphatic carbocycles. The van der Waals surface area contributed by atoms with Crippen molar-refractivity contribution in [3.63, 3.8) is 0 Å². The lowest BCUT2D eigenvalue weighted by atomic mass is 9.86. The number of para-hydroxylation sites is 1. The average molecular weight is 562 g/mol. The fourth-order valence-electron chi connectivity index (χ4n) is 7.22. The largest absolute Gasteiger partial charge is 0.311 e. The number of carbonyl (C=O) groups excluding carboxylic acids is 1. The van der Waals surface area contributed by atoms with Gasteiger partial charge in [-0.25, -0.2) is 0 Å². The fourth-order valence-corrected chi connectivity index (χ4v) is 7.22. The van der Waals surface area contributed by atoms with Gasteiger partial charge in [0.2, 0.25) is 0 Å². The third-order valence-electron chi connectivity index (χ3n) is 9.34. The van der Waals surface area contributed by atoms with Crippen LogP contribution < -0.4 is 4.90 Å². The molecule has 0 spiro atoms. The Kier molecular flexibility index (Phi) is 5.30. The van der Waals surface area contributed by atoms with E-state index in [9.17, 15) is 4.79 Å². The molecule has 9 aromatic carbocycles. The maximum absolute atomic E-state index is 13.3. The minimum atomic E-state index is -0.0264. The molecule has 0 unspecified atom stereocenters. The Bertz CT molecular complexity index is 2560. The summed E-state index contributed by atoms with van der Waals surface area (Å²) in [5.74, 6) is -0.0264. The van der Waals surface area contributed by atoms with Crippen LogP contribution in [0.1, 0.15) is 10.4 Å². The van der Waals surface area contributed by atoms with Gasteiger partial charge in [-0.15, -0.1) is 0 Å². The number of amides is 1. The predicted molar refractivity (Wildman–Crippen MR) is 187 cm³/mol. The molecule has 0 bridgehead atoms. The van der Waals surface area contributed by atoms with E-state index in [1.165, 1.54) is 64.6 Å². The van der Waals surface area contributed by atoms with Crippen molar-refractivity contribution in [2.24, 2.45) is 0 Å². The van der Waals surface area contributed by atoms with Gasteiger partial charge in [0.15, 0.2) is 0 Å². The Labute approximate surface area is 254 Å². The van der Waals surface area contributed by atoms with Gasteiger partial charge in [0.1, 0.15) is 0 Å². The number of hydrogen-bond donors (Lipinski definition) is 0. The number of nitrogens with zero attached hydrogens (tertiary/aromatic N) is 1. The molecule has 9 rings (SSSR count). The topological polar surface area (TPSA) is 20.3 Å². The second-order valence-electron chi connectivity index (χ2n) is 11.7. The zero-order valence-corrected chi connectivity index (χ0v) is 24.2. The number of benzene rings is 8. The molecule has 0 fully saturated rings. The lowest BCUT2D eigenvalue weighted by molar-refractivity contribution is 0.0993. The van der Waals surface area contributed by atoms with Crippen molar-refractivity contribution in [1.82, 2.24) is 0 Å². The van der Waals surface area contributed by atoms with E-state index in [0.717, 1.165) is 16.8 Å². The molecular formula is C42H27NO. The molecule has 2 nitrogen and oxygen atoms in total. The van der Waals surface area contributed by atoms with Gasteiger partial charge >= 0.3 is 0 Å². The van der Waals surface area contributed by atoms with Crippen LogP contribution in [0.5, 0.6) is 0 Å². The van der Waals surface area contributed by atoms with Crippen LogP contribution in [0.3, 0.4) is 0 Å². The summed E-state index contributed by atoms with van der Waals surface area (Å²) in [6.07, 6.45) is 0. The first kappa shape index (κ1) is 24.8. The molecule has 0 radical (unpaired) electrons. The Morgan fingerprint density at radius 3 is 1.50 bits per heavy atom. The minimum absolute atomic E-state index is 0.0264. The van der Waals surface area contributed by atoms with Crippen molar-refractivity contribution < 1.29 is 4.79 Å². The van der Waals surface area contributed by atoms with E-state index < -0.39 is 0 Å². The van der Waals surface area contributed by atoms with Crippen LogP contribution in [-0.4, -0.2) is 13.0 Å². The summed E-state index contributed by atoms with van der Waals surface area (Å²) < 4.78 is 0. The number of carbonyl (C=O) groups is 1. The summed E-state index contributed by atoms with van der Waals surface area (Å²) in [6.45, 7) is 0. The fraction of sp³-hybridized carbons (Fsp3) is 0.0238. The third kappa shape index (κ3) is 3.58. The number of fused-ring (bicyclic) bond motifs is 2. The second kappa shape index (κ2) is 9.39.